The quantitative estimate of drug-likeness (QED) is 0.508. The van der Waals surface area contributed by atoms with Crippen LogP contribution >= 0.6 is 11.6 Å². The summed E-state index contributed by atoms with van der Waals surface area (Å²) in [5.41, 5.74) is 2.47. The van der Waals surface area contributed by atoms with Crippen molar-refractivity contribution < 1.29 is 17.4 Å². The number of nitrogens with zero attached hydrogens (tertiary/aromatic N) is 2. The third-order valence-electron chi connectivity index (χ3n) is 3.56. The summed E-state index contributed by atoms with van der Waals surface area (Å²) in [6.07, 6.45) is 4.67. The fourth-order valence-corrected chi connectivity index (χ4v) is 3.36. The lowest BCUT2D eigenvalue weighted by molar-refractivity contribution is -0.856. The molecule has 3 aromatic rings. The molecule has 7 heteroatoms. The molecule has 0 aliphatic carbocycles. The van der Waals surface area contributed by atoms with Crippen LogP contribution < -0.4 is 9.01 Å². The first-order valence-corrected chi connectivity index (χ1v) is 9.38. The van der Waals surface area contributed by atoms with Gasteiger partial charge >= 0.3 is 10.1 Å². The Morgan fingerprint density at radius 1 is 1.04 bits per heavy atom. The summed E-state index contributed by atoms with van der Waals surface area (Å²) in [7, 11) is -3.90. The number of aryl methyl sites for hydroxylation is 1. The summed E-state index contributed by atoms with van der Waals surface area (Å²) >= 11 is 6.40. The average Bonchev–Trinajstić information content (AvgIpc) is 2.62. The van der Waals surface area contributed by atoms with E-state index in [1.54, 1.807) is 30.5 Å². The van der Waals surface area contributed by atoms with Gasteiger partial charge in [0.05, 0.1) is 5.69 Å². The molecule has 0 saturated heterocycles. The van der Waals surface area contributed by atoms with Crippen LogP contribution in [0.3, 0.4) is 0 Å². The van der Waals surface area contributed by atoms with E-state index in [1.807, 2.05) is 25.1 Å². The van der Waals surface area contributed by atoms with E-state index in [0.717, 1.165) is 21.6 Å². The molecular formula is C18H16ClN2O3S+. The van der Waals surface area contributed by atoms with Crippen molar-refractivity contribution in [2.24, 2.45) is 0 Å². The molecule has 2 aromatic heterocycles. The maximum atomic E-state index is 12.3. The number of alkyl halides is 1. The second kappa shape index (κ2) is 7.21. The molecule has 0 fully saturated rings. The zero-order chi connectivity index (χ0) is 17.9. The summed E-state index contributed by atoms with van der Waals surface area (Å²) < 4.78 is 30.8. The van der Waals surface area contributed by atoms with Gasteiger partial charge in [-0.15, -0.1) is 15.9 Å². The van der Waals surface area contributed by atoms with Crippen LogP contribution in [0.1, 0.15) is 22.2 Å². The lowest BCUT2D eigenvalue weighted by atomic mass is 10.1. The van der Waals surface area contributed by atoms with Crippen molar-refractivity contribution in [3.63, 3.8) is 0 Å². The molecular weight excluding hydrogens is 360 g/mol. The Hall–Kier alpha value is -2.44. The average molecular weight is 376 g/mol. The normalized spacial score (nSPS) is 12.6. The minimum atomic E-state index is -3.90. The second-order valence-electron chi connectivity index (χ2n) is 5.45. The molecule has 1 atom stereocenters. The number of aromatic nitrogens is 2. The van der Waals surface area contributed by atoms with Crippen LogP contribution in [0, 0.1) is 6.92 Å². The van der Waals surface area contributed by atoms with Gasteiger partial charge in [-0.25, -0.2) is 0 Å². The number of rotatable bonds is 5. The Morgan fingerprint density at radius 3 is 2.32 bits per heavy atom. The largest absolute Gasteiger partial charge is 0.396 e. The van der Waals surface area contributed by atoms with Gasteiger partial charge in [-0.05, 0) is 36.8 Å². The third kappa shape index (κ3) is 4.15. The molecule has 0 amide bonds. The van der Waals surface area contributed by atoms with Crippen LogP contribution in [-0.4, -0.2) is 13.4 Å². The molecule has 25 heavy (non-hydrogen) atoms. The van der Waals surface area contributed by atoms with Crippen molar-refractivity contribution in [2.75, 3.05) is 0 Å². The van der Waals surface area contributed by atoms with Crippen molar-refractivity contribution in [1.29, 1.82) is 0 Å². The van der Waals surface area contributed by atoms with Crippen molar-refractivity contribution in [3.05, 3.63) is 90.0 Å². The Kier molecular flexibility index (Phi) is 5.01. The van der Waals surface area contributed by atoms with Crippen LogP contribution in [0.4, 0.5) is 0 Å². The summed E-state index contributed by atoms with van der Waals surface area (Å²) in [6, 6.07) is 15.3. The van der Waals surface area contributed by atoms with Gasteiger partial charge in [-0.2, -0.15) is 8.42 Å². The van der Waals surface area contributed by atoms with Crippen molar-refractivity contribution in [1.82, 2.24) is 4.98 Å². The zero-order valence-electron chi connectivity index (χ0n) is 13.4. The summed E-state index contributed by atoms with van der Waals surface area (Å²) in [4.78, 5) is 4.31. The van der Waals surface area contributed by atoms with Gasteiger partial charge in [-0.1, -0.05) is 23.8 Å². The maximum absolute atomic E-state index is 12.3. The van der Waals surface area contributed by atoms with Gasteiger partial charge in [0.25, 0.3) is 0 Å². The summed E-state index contributed by atoms with van der Waals surface area (Å²) in [5.74, 6) is 0. The van der Waals surface area contributed by atoms with E-state index in [4.69, 9.17) is 15.9 Å². The topological polar surface area (TPSA) is 60.1 Å². The highest BCUT2D eigenvalue weighted by atomic mass is 35.5. The number of hydrogen-bond donors (Lipinski definition) is 0. The van der Waals surface area contributed by atoms with Gasteiger partial charge in [-0.3, -0.25) is 4.98 Å². The summed E-state index contributed by atoms with van der Waals surface area (Å²) in [5, 5.41) is -0.426. The van der Waals surface area contributed by atoms with E-state index in [1.165, 1.54) is 24.5 Å². The number of hydrogen-bond acceptors (Lipinski definition) is 4. The molecule has 0 aliphatic heterocycles. The third-order valence-corrected chi connectivity index (χ3v) is 5.26. The molecule has 5 nitrogen and oxygen atoms in total. The first-order valence-electron chi connectivity index (χ1n) is 7.53. The Morgan fingerprint density at radius 2 is 1.72 bits per heavy atom. The van der Waals surface area contributed by atoms with E-state index >= 15 is 0 Å². The van der Waals surface area contributed by atoms with Gasteiger partial charge in [0.1, 0.15) is 10.3 Å². The second-order valence-corrected chi connectivity index (χ2v) is 7.42. The fraction of sp³-hybridized carbons (Fsp3) is 0.111. The molecule has 0 saturated carbocycles. The standard InChI is InChI=1S/C18H16ClN2O3S/c1-14-5-7-16(8-6-14)25(22,23)24-21-12-9-15(10-13-21)18(19)17-4-2-3-11-20-17/h2-13,18H,1H3/q+1. The monoisotopic (exact) mass is 375 g/mol. The molecule has 0 N–H and O–H groups in total. The molecule has 1 unspecified atom stereocenters. The van der Waals surface area contributed by atoms with Crippen LogP contribution in [0.5, 0.6) is 0 Å². The van der Waals surface area contributed by atoms with Crippen LogP contribution in [0.15, 0.2) is 78.1 Å². The van der Waals surface area contributed by atoms with Gasteiger partial charge in [0.2, 0.25) is 12.4 Å². The highest BCUT2D eigenvalue weighted by Crippen LogP contribution is 2.25. The highest BCUT2D eigenvalue weighted by molar-refractivity contribution is 7.86. The van der Waals surface area contributed by atoms with E-state index in [9.17, 15) is 8.42 Å². The molecule has 0 spiro atoms. The highest BCUT2D eigenvalue weighted by Gasteiger charge is 2.22. The van der Waals surface area contributed by atoms with E-state index in [0.29, 0.717) is 0 Å². The lowest BCUT2D eigenvalue weighted by Gasteiger charge is -2.07. The van der Waals surface area contributed by atoms with Gasteiger partial charge in [0.15, 0.2) is 0 Å². The van der Waals surface area contributed by atoms with Crippen LogP contribution in [0.25, 0.3) is 0 Å². The number of halogens is 1. The van der Waals surface area contributed by atoms with E-state index < -0.39 is 15.5 Å². The van der Waals surface area contributed by atoms with E-state index in [-0.39, 0.29) is 4.90 Å². The van der Waals surface area contributed by atoms with Gasteiger partial charge < -0.3 is 0 Å². The summed E-state index contributed by atoms with van der Waals surface area (Å²) in [6.45, 7) is 1.88. The van der Waals surface area contributed by atoms with Crippen LogP contribution in [-0.2, 0) is 10.1 Å². The number of pyridine rings is 2. The molecule has 0 bridgehead atoms. The molecule has 0 radical (unpaired) electrons. The minimum Gasteiger partial charge on any atom is -0.259 e. The van der Waals surface area contributed by atoms with Crippen molar-refractivity contribution in [3.8, 4) is 0 Å². The van der Waals surface area contributed by atoms with Crippen molar-refractivity contribution >= 4 is 21.7 Å². The molecule has 3 rings (SSSR count). The number of benzene rings is 1. The molecule has 128 valence electrons. The minimum absolute atomic E-state index is 0.0957. The Bertz CT molecular complexity index is 944. The molecule has 2 heterocycles. The van der Waals surface area contributed by atoms with Gasteiger partial charge in [0, 0.05) is 23.1 Å². The Balaban J connectivity index is 1.77. The van der Waals surface area contributed by atoms with E-state index in [2.05, 4.69) is 4.98 Å². The fourth-order valence-electron chi connectivity index (χ4n) is 2.20. The van der Waals surface area contributed by atoms with Crippen molar-refractivity contribution in [2.45, 2.75) is 17.2 Å². The molecule has 1 aromatic carbocycles. The lowest BCUT2D eigenvalue weighted by Crippen LogP contribution is -2.45. The first kappa shape index (κ1) is 17.4. The Labute approximate surface area is 151 Å². The predicted molar refractivity (Wildman–Crippen MR) is 93.5 cm³/mol. The maximum Gasteiger partial charge on any atom is 0.396 e. The van der Waals surface area contributed by atoms with Crippen LogP contribution in [0.2, 0.25) is 0 Å². The smallest absolute Gasteiger partial charge is 0.259 e. The first-order chi connectivity index (χ1) is 12.0. The molecule has 0 aliphatic rings. The zero-order valence-corrected chi connectivity index (χ0v) is 15.0. The SMILES string of the molecule is Cc1ccc(S(=O)(=O)O[n+]2ccc(C(Cl)c3ccccn3)cc2)cc1. The predicted octanol–water partition coefficient (Wildman–Crippen LogP) is 2.82.